The number of carbonyl (C=O) groups excluding carboxylic acids is 1. The third-order valence-corrected chi connectivity index (χ3v) is 5.14. The molecular formula is C24H17F2N3O2. The van der Waals surface area contributed by atoms with Crippen molar-refractivity contribution in [2.45, 2.75) is 18.9 Å². The summed E-state index contributed by atoms with van der Waals surface area (Å²) in [4.78, 5) is 28.5. The van der Waals surface area contributed by atoms with Crippen molar-refractivity contribution in [1.82, 2.24) is 10.3 Å². The molecule has 1 amide bonds. The second-order valence-electron chi connectivity index (χ2n) is 7.58. The number of fused-ring (bicyclic) bond motifs is 2. The highest BCUT2D eigenvalue weighted by molar-refractivity contribution is 6.00. The van der Waals surface area contributed by atoms with E-state index in [1.807, 2.05) is 6.07 Å². The number of rotatable bonds is 4. The first-order chi connectivity index (χ1) is 14.8. The quantitative estimate of drug-likeness (QED) is 0.488. The largest absolute Gasteiger partial charge is 0.354 e. The van der Waals surface area contributed by atoms with Crippen LogP contribution in [-0.4, -0.2) is 16.4 Å². The number of para-hydroxylation sites is 1. The van der Waals surface area contributed by atoms with E-state index in [9.17, 15) is 23.6 Å². The van der Waals surface area contributed by atoms with Crippen LogP contribution in [0.2, 0.25) is 0 Å². The number of aromatic amines is 1. The minimum atomic E-state index is -1.35. The Labute approximate surface area is 175 Å². The fourth-order valence-electron chi connectivity index (χ4n) is 3.56. The second-order valence-corrected chi connectivity index (χ2v) is 7.58. The Morgan fingerprint density at radius 2 is 1.77 bits per heavy atom. The molecule has 0 aliphatic rings. The molecule has 0 aliphatic carbocycles. The van der Waals surface area contributed by atoms with Crippen LogP contribution < -0.4 is 10.7 Å². The van der Waals surface area contributed by atoms with E-state index in [-0.39, 0.29) is 22.8 Å². The topological polar surface area (TPSA) is 85.8 Å². The number of nitrogens with zero attached hydrogens (tertiary/aromatic N) is 1. The highest BCUT2D eigenvalue weighted by Gasteiger charge is 2.28. The molecule has 1 aromatic heterocycles. The maximum Gasteiger partial charge on any atom is 0.255 e. The fourth-order valence-corrected chi connectivity index (χ4v) is 3.56. The van der Waals surface area contributed by atoms with E-state index in [0.29, 0.717) is 22.0 Å². The Kier molecular flexibility index (Phi) is 4.99. The van der Waals surface area contributed by atoms with Gasteiger partial charge in [0.25, 0.3) is 5.91 Å². The minimum Gasteiger partial charge on any atom is -0.354 e. The van der Waals surface area contributed by atoms with Gasteiger partial charge in [0.15, 0.2) is 5.43 Å². The number of aromatic nitrogens is 1. The van der Waals surface area contributed by atoms with Gasteiger partial charge >= 0.3 is 0 Å². The number of carbonyl (C=O) groups is 1. The molecule has 0 spiro atoms. The average molecular weight is 417 g/mol. The Bertz CT molecular complexity index is 1420. The maximum absolute atomic E-state index is 14.8. The van der Waals surface area contributed by atoms with Crippen molar-refractivity contribution in [1.29, 1.82) is 5.26 Å². The summed E-state index contributed by atoms with van der Waals surface area (Å²) in [7, 11) is 0. The van der Waals surface area contributed by atoms with Gasteiger partial charge < -0.3 is 10.3 Å². The van der Waals surface area contributed by atoms with Crippen molar-refractivity contribution >= 4 is 27.7 Å². The Balaban J connectivity index is 1.70. The maximum atomic E-state index is 14.8. The molecule has 0 bridgehead atoms. The molecule has 1 atom stereocenters. The zero-order valence-electron chi connectivity index (χ0n) is 16.5. The van der Waals surface area contributed by atoms with E-state index in [1.165, 1.54) is 37.3 Å². The van der Waals surface area contributed by atoms with Crippen molar-refractivity contribution in [3.05, 3.63) is 93.6 Å². The molecule has 0 saturated carbocycles. The lowest BCUT2D eigenvalue weighted by molar-refractivity contribution is 0.0920. The van der Waals surface area contributed by atoms with Gasteiger partial charge in [-0.25, -0.2) is 8.78 Å². The van der Waals surface area contributed by atoms with Crippen LogP contribution in [0.15, 0.2) is 65.5 Å². The summed E-state index contributed by atoms with van der Waals surface area (Å²) >= 11 is 0. The molecule has 3 aromatic carbocycles. The van der Waals surface area contributed by atoms with Gasteiger partial charge in [-0.15, -0.1) is 0 Å². The zero-order chi connectivity index (χ0) is 22.2. The Morgan fingerprint density at radius 1 is 1.06 bits per heavy atom. The monoisotopic (exact) mass is 417 g/mol. The zero-order valence-corrected chi connectivity index (χ0v) is 16.5. The SMILES string of the molecule is CC(C#N)(Cc1ccc(F)cc1)NC(=O)c1cc2[nH]c3ccccc3c(=O)c2cc1F. The van der Waals surface area contributed by atoms with E-state index in [4.69, 9.17) is 0 Å². The summed E-state index contributed by atoms with van der Waals surface area (Å²) in [6.45, 7) is 1.50. The number of H-pyrrole nitrogens is 1. The Morgan fingerprint density at radius 3 is 2.48 bits per heavy atom. The summed E-state index contributed by atoms with van der Waals surface area (Å²) < 4.78 is 27.9. The number of pyridine rings is 1. The van der Waals surface area contributed by atoms with E-state index in [1.54, 1.807) is 24.3 Å². The highest BCUT2D eigenvalue weighted by Crippen LogP contribution is 2.20. The molecule has 0 saturated heterocycles. The molecule has 0 fully saturated rings. The van der Waals surface area contributed by atoms with Crippen LogP contribution in [0.25, 0.3) is 21.8 Å². The molecule has 4 rings (SSSR count). The fraction of sp³-hybridized carbons (Fsp3) is 0.125. The smallest absolute Gasteiger partial charge is 0.255 e. The number of nitrogens with one attached hydrogen (secondary N) is 2. The molecule has 154 valence electrons. The summed E-state index contributed by atoms with van der Waals surface area (Å²) in [5.74, 6) is -2.07. The predicted octanol–water partition coefficient (Wildman–Crippen LogP) is 4.21. The van der Waals surface area contributed by atoms with Crippen LogP contribution in [0.3, 0.4) is 0 Å². The summed E-state index contributed by atoms with van der Waals surface area (Å²) in [6.07, 6.45) is 0.103. The first-order valence-corrected chi connectivity index (χ1v) is 9.52. The van der Waals surface area contributed by atoms with Crippen LogP contribution in [-0.2, 0) is 6.42 Å². The van der Waals surface area contributed by atoms with Gasteiger partial charge in [0.1, 0.15) is 17.2 Å². The van der Waals surface area contributed by atoms with Crippen molar-refractivity contribution < 1.29 is 13.6 Å². The van der Waals surface area contributed by atoms with Gasteiger partial charge in [-0.05, 0) is 48.9 Å². The first-order valence-electron chi connectivity index (χ1n) is 9.52. The molecule has 1 heterocycles. The summed E-state index contributed by atoms with van der Waals surface area (Å²) in [6, 6.07) is 16.7. The molecule has 5 nitrogen and oxygen atoms in total. The van der Waals surface area contributed by atoms with Gasteiger partial charge in [-0.1, -0.05) is 24.3 Å². The number of nitriles is 1. The third-order valence-electron chi connectivity index (χ3n) is 5.14. The lowest BCUT2D eigenvalue weighted by atomic mass is 9.93. The van der Waals surface area contributed by atoms with Gasteiger partial charge in [0.05, 0.1) is 17.1 Å². The van der Waals surface area contributed by atoms with E-state index >= 15 is 0 Å². The number of hydrogen-bond acceptors (Lipinski definition) is 3. The van der Waals surface area contributed by atoms with Crippen molar-refractivity contribution in [2.75, 3.05) is 0 Å². The van der Waals surface area contributed by atoms with E-state index in [2.05, 4.69) is 10.3 Å². The highest BCUT2D eigenvalue weighted by atomic mass is 19.1. The molecule has 4 aromatic rings. The van der Waals surface area contributed by atoms with Gasteiger partial charge in [-0.2, -0.15) is 5.26 Å². The lowest BCUT2D eigenvalue weighted by Crippen LogP contribution is -2.46. The van der Waals surface area contributed by atoms with Gasteiger partial charge in [0, 0.05) is 22.7 Å². The molecule has 0 radical (unpaired) electrons. The molecule has 31 heavy (non-hydrogen) atoms. The summed E-state index contributed by atoms with van der Waals surface area (Å²) in [5.41, 5.74) is -0.468. The third kappa shape index (κ3) is 3.88. The minimum absolute atomic E-state index is 0.103. The predicted molar refractivity (Wildman–Crippen MR) is 114 cm³/mol. The normalized spacial score (nSPS) is 13.0. The molecule has 2 N–H and O–H groups in total. The first kappa shape index (κ1) is 20.2. The molecular weight excluding hydrogens is 400 g/mol. The van der Waals surface area contributed by atoms with Crippen molar-refractivity contribution in [2.24, 2.45) is 0 Å². The Hall–Kier alpha value is -4.05. The molecule has 7 heteroatoms. The van der Waals surface area contributed by atoms with Gasteiger partial charge in [-0.3, -0.25) is 9.59 Å². The van der Waals surface area contributed by atoms with Crippen LogP contribution >= 0.6 is 0 Å². The van der Waals surface area contributed by atoms with Crippen molar-refractivity contribution in [3.8, 4) is 6.07 Å². The van der Waals surface area contributed by atoms with Crippen LogP contribution in [0.5, 0.6) is 0 Å². The average Bonchev–Trinajstić information content (AvgIpc) is 2.76. The lowest BCUT2D eigenvalue weighted by Gasteiger charge is -2.23. The van der Waals surface area contributed by atoms with Crippen molar-refractivity contribution in [3.63, 3.8) is 0 Å². The molecule has 1 unspecified atom stereocenters. The summed E-state index contributed by atoms with van der Waals surface area (Å²) in [5, 5.41) is 12.7. The second kappa shape index (κ2) is 7.65. The number of amides is 1. The van der Waals surface area contributed by atoms with Crippen LogP contribution in [0.1, 0.15) is 22.8 Å². The standard InChI is InChI=1S/C24H17F2N3O2/c1-24(13-27,12-14-6-8-15(25)9-7-14)29-23(31)17-11-21-18(10-19(17)26)22(30)16-4-2-3-5-20(16)28-21/h2-11H,12H2,1H3,(H,28,30)(H,29,31). The molecule has 0 aliphatic heterocycles. The van der Waals surface area contributed by atoms with Crippen LogP contribution in [0, 0.1) is 23.0 Å². The van der Waals surface area contributed by atoms with E-state index in [0.717, 1.165) is 6.07 Å². The number of benzene rings is 3. The number of hydrogen-bond donors (Lipinski definition) is 2. The van der Waals surface area contributed by atoms with Crippen LogP contribution in [0.4, 0.5) is 8.78 Å². The van der Waals surface area contributed by atoms with Gasteiger partial charge in [0.2, 0.25) is 0 Å². The number of halogens is 2. The van der Waals surface area contributed by atoms with E-state index < -0.39 is 23.1 Å².